The van der Waals surface area contributed by atoms with Crippen molar-refractivity contribution in [2.24, 2.45) is 0 Å². The summed E-state index contributed by atoms with van der Waals surface area (Å²) in [6.07, 6.45) is 2.91. The Labute approximate surface area is 162 Å². The summed E-state index contributed by atoms with van der Waals surface area (Å²) in [5.74, 6) is 0. The van der Waals surface area contributed by atoms with Gasteiger partial charge in [-0.15, -0.1) is 78.3 Å². The Balaban J connectivity index is 0. The van der Waals surface area contributed by atoms with Gasteiger partial charge >= 0.3 is 24.8 Å². The predicted molar refractivity (Wildman–Crippen MR) is 105 cm³/mol. The van der Waals surface area contributed by atoms with Gasteiger partial charge < -0.3 is 12.4 Å². The second-order valence-corrected chi connectivity index (χ2v) is 4.16. The Kier molecular flexibility index (Phi) is 13.8. The van der Waals surface area contributed by atoms with Crippen molar-refractivity contribution in [1.29, 1.82) is 0 Å². The molecule has 0 aliphatic carbocycles. The van der Waals surface area contributed by atoms with Crippen LogP contribution in [0.4, 0.5) is 0 Å². The van der Waals surface area contributed by atoms with Gasteiger partial charge in [0.05, 0.1) is 0 Å². The topological polar surface area (TPSA) is 15.8 Å². The standard InChI is InChI=1S/C9H7.C8H6N.CH3.CH2.2ClH.Ti/c1-2-5-9-7-3-6-8(9)4-1;1-2-4-8-7(3-1)5-6-9-8;;;;;/h1-7H;1-5,9H;1H3;1H2;2*1H;/q3*-1;;;;. The Morgan fingerprint density at radius 1 is 0.870 bits per heavy atom. The molecule has 0 spiro atoms. The van der Waals surface area contributed by atoms with Gasteiger partial charge in [0.2, 0.25) is 0 Å². The molecule has 4 rings (SSSR count). The molecule has 1 heterocycles. The van der Waals surface area contributed by atoms with Crippen LogP contribution in [0.25, 0.3) is 21.7 Å². The van der Waals surface area contributed by atoms with E-state index in [9.17, 15) is 0 Å². The van der Waals surface area contributed by atoms with Crippen molar-refractivity contribution in [3.63, 3.8) is 0 Å². The third-order valence-electron chi connectivity index (χ3n) is 2.94. The zero-order valence-corrected chi connectivity index (χ0v) is 16.1. The monoisotopic (exact) mass is 380 g/mol. The molecule has 0 saturated heterocycles. The maximum absolute atomic E-state index is 3.25. The Bertz CT molecular complexity index is 650. The van der Waals surface area contributed by atoms with Gasteiger partial charge in [-0.25, -0.2) is 0 Å². The molecule has 0 radical (unpaired) electrons. The van der Waals surface area contributed by atoms with Gasteiger partial charge in [-0.1, -0.05) is 18.2 Å². The molecule has 0 fully saturated rings. The molecular formula is C19H20Cl2NTi-3. The first kappa shape index (κ1) is 24.0. The first-order valence-corrected chi connectivity index (χ1v) is 7.43. The maximum Gasteiger partial charge on any atom is -0.0745 e. The quantitative estimate of drug-likeness (QED) is 0.293. The van der Waals surface area contributed by atoms with Crippen LogP contribution in [0.5, 0.6) is 0 Å². The molecule has 0 saturated carbocycles. The van der Waals surface area contributed by atoms with Crippen LogP contribution in [0.15, 0.2) is 72.8 Å². The zero-order chi connectivity index (χ0) is 14.2. The molecule has 0 aliphatic heterocycles. The van der Waals surface area contributed by atoms with Gasteiger partial charge in [-0.3, -0.25) is 0 Å². The second kappa shape index (κ2) is 13.2. The fraction of sp³-hybridized carbons (Fsp3) is 0. The van der Waals surface area contributed by atoms with Gasteiger partial charge in [-0.2, -0.15) is 29.0 Å². The third-order valence-corrected chi connectivity index (χ3v) is 2.94. The summed E-state index contributed by atoms with van der Waals surface area (Å²) in [6.45, 7) is 0. The minimum Gasteiger partial charge on any atom is -0.477 e. The summed E-state index contributed by atoms with van der Waals surface area (Å²) < 4.78 is 0. The molecule has 4 aromatic rings. The van der Waals surface area contributed by atoms with Crippen LogP contribution in [0.3, 0.4) is 0 Å². The van der Waals surface area contributed by atoms with Crippen LogP contribution < -0.4 is 0 Å². The minimum atomic E-state index is 0. The Morgan fingerprint density at radius 3 is 2.13 bits per heavy atom. The van der Waals surface area contributed by atoms with Crippen molar-refractivity contribution in [2.75, 3.05) is 0 Å². The smallest absolute Gasteiger partial charge is 0.0745 e. The summed E-state index contributed by atoms with van der Waals surface area (Å²) in [6, 6.07) is 24.7. The molecule has 3 aromatic carbocycles. The van der Waals surface area contributed by atoms with E-state index in [2.05, 4.69) is 64.5 Å². The summed E-state index contributed by atoms with van der Waals surface area (Å²) in [4.78, 5) is 6.24. The van der Waals surface area contributed by atoms with E-state index in [-0.39, 0.29) is 32.2 Å². The van der Waals surface area contributed by atoms with E-state index in [1.165, 1.54) is 16.2 Å². The van der Waals surface area contributed by atoms with Crippen LogP contribution >= 0.6 is 24.8 Å². The summed E-state index contributed by atoms with van der Waals surface area (Å²) in [5, 5.41) is 3.88. The number of aromatic amines is 1. The summed E-state index contributed by atoms with van der Waals surface area (Å²) in [5.41, 5.74) is 1.15. The van der Waals surface area contributed by atoms with Crippen molar-refractivity contribution in [1.82, 2.24) is 4.98 Å². The second-order valence-electron chi connectivity index (χ2n) is 4.16. The molecule has 23 heavy (non-hydrogen) atoms. The van der Waals surface area contributed by atoms with Gasteiger partial charge in [0, 0.05) is 0 Å². The Hall–Kier alpha value is -1.25. The van der Waals surface area contributed by atoms with E-state index in [0.29, 0.717) is 0 Å². The molecule has 1 nitrogen and oxygen atoms in total. The number of aromatic nitrogens is 1. The van der Waals surface area contributed by atoms with Gasteiger partial charge in [0.15, 0.2) is 0 Å². The van der Waals surface area contributed by atoms with Crippen molar-refractivity contribution in [3.05, 3.63) is 86.4 Å². The average molecular weight is 381 g/mol. The van der Waals surface area contributed by atoms with E-state index in [4.69, 9.17) is 0 Å². The van der Waals surface area contributed by atoms with E-state index >= 15 is 0 Å². The number of benzene rings is 2. The van der Waals surface area contributed by atoms with E-state index in [1.54, 1.807) is 20.0 Å². The fourth-order valence-electron chi connectivity index (χ4n) is 2.00. The molecule has 0 amide bonds. The third kappa shape index (κ3) is 6.80. The maximum atomic E-state index is 3.25. The number of hydrogen-bond acceptors (Lipinski definition) is 0. The predicted octanol–water partition coefficient (Wildman–Crippen LogP) is 5.79. The van der Waals surface area contributed by atoms with E-state index in [0.717, 1.165) is 5.52 Å². The SMILES string of the molecule is Cl.Cl.[CH2]=[Ti].[CH3-].[c-]1cc2ccccc2[nH]1.c1ccc2[cH-]ccc2c1. The number of hydrogen-bond donors (Lipinski definition) is 1. The zero-order valence-electron chi connectivity index (χ0n) is 13.0. The van der Waals surface area contributed by atoms with Crippen LogP contribution in [0.2, 0.25) is 0 Å². The fourth-order valence-corrected chi connectivity index (χ4v) is 2.00. The minimum absolute atomic E-state index is 0. The molecule has 122 valence electrons. The van der Waals surface area contributed by atoms with Crippen molar-refractivity contribution >= 4 is 51.3 Å². The average Bonchev–Trinajstić information content (AvgIpc) is 3.18. The molecule has 1 aromatic heterocycles. The number of fused-ring (bicyclic) bond motifs is 2. The van der Waals surface area contributed by atoms with Crippen molar-refractivity contribution in [2.45, 2.75) is 0 Å². The normalized spacial score (nSPS) is 8.13. The first-order valence-electron chi connectivity index (χ1n) is 6.33. The molecule has 4 heteroatoms. The molecule has 1 N–H and O–H groups in total. The van der Waals surface area contributed by atoms with Crippen molar-refractivity contribution in [3.8, 4) is 0 Å². The van der Waals surface area contributed by atoms with Crippen molar-refractivity contribution < 1.29 is 20.0 Å². The molecule has 0 atom stereocenters. The van der Waals surface area contributed by atoms with E-state index < -0.39 is 0 Å². The Morgan fingerprint density at radius 2 is 1.48 bits per heavy atom. The largest absolute Gasteiger partial charge is 0.477 e. The first-order chi connectivity index (χ1) is 9.93. The summed E-state index contributed by atoms with van der Waals surface area (Å²) in [7, 11) is 0. The van der Waals surface area contributed by atoms with Crippen LogP contribution in [0.1, 0.15) is 0 Å². The summed E-state index contributed by atoms with van der Waals surface area (Å²) >= 11 is 1.75. The molecule has 0 bridgehead atoms. The van der Waals surface area contributed by atoms with Crippen LogP contribution in [-0.2, 0) is 20.0 Å². The number of nitrogens with one attached hydrogen (secondary N) is 1. The molecular weight excluding hydrogens is 361 g/mol. The van der Waals surface area contributed by atoms with E-state index in [1.807, 2.05) is 24.3 Å². The number of H-pyrrole nitrogens is 1. The number of para-hydroxylation sites is 1. The van der Waals surface area contributed by atoms with Gasteiger partial charge in [0.1, 0.15) is 0 Å². The molecule has 0 unspecified atom stereocenters. The molecule has 0 aliphatic rings. The van der Waals surface area contributed by atoms with Crippen LogP contribution in [-0.4, -0.2) is 9.80 Å². The number of halogens is 2. The van der Waals surface area contributed by atoms with Crippen LogP contribution in [0, 0.1) is 13.6 Å². The number of rotatable bonds is 0. The van der Waals surface area contributed by atoms with Gasteiger partial charge in [0.25, 0.3) is 0 Å². The van der Waals surface area contributed by atoms with Gasteiger partial charge in [-0.05, 0) is 0 Å².